The van der Waals surface area contributed by atoms with E-state index < -0.39 is 12.3 Å². The van der Waals surface area contributed by atoms with Crippen molar-refractivity contribution in [3.05, 3.63) is 0 Å². The molecule has 0 aromatic carbocycles. The van der Waals surface area contributed by atoms with E-state index in [1.807, 2.05) is 0 Å². The molecule has 0 aromatic rings. The molecule has 1 fully saturated rings. The van der Waals surface area contributed by atoms with Gasteiger partial charge in [-0.05, 0) is 19.5 Å². The summed E-state index contributed by atoms with van der Waals surface area (Å²) in [6, 6.07) is 0. The summed E-state index contributed by atoms with van der Waals surface area (Å²) in [4.78, 5) is 1.58. The number of hydrogen-bond donors (Lipinski definition) is 1. The lowest BCUT2D eigenvalue weighted by Crippen LogP contribution is -2.46. The molecule has 66 valence electrons. The average Bonchev–Trinajstić information content (AvgIpc) is 1.75. The summed E-state index contributed by atoms with van der Waals surface area (Å²) in [5.74, 6) is 0. The molecule has 0 aromatic heterocycles. The minimum Gasteiger partial charge on any atom is -0.382 e. The lowest BCUT2D eigenvalue weighted by molar-refractivity contribution is -0.210. The first-order chi connectivity index (χ1) is 5.00. The first-order valence-electron chi connectivity index (χ1n) is 3.47. The fraction of sp³-hybridized carbons (Fsp3) is 1.00. The molecule has 1 N–H and O–H groups in total. The summed E-state index contributed by atoms with van der Waals surface area (Å²) in [6.45, 7) is 1.07. The highest BCUT2D eigenvalue weighted by Crippen LogP contribution is 2.21. The predicted molar refractivity (Wildman–Crippen MR) is 33.1 cm³/mol. The lowest BCUT2D eigenvalue weighted by atomic mass is 10.2. The summed E-state index contributed by atoms with van der Waals surface area (Å²) in [7, 11) is 0. The minimum absolute atomic E-state index is 0.274. The Morgan fingerprint density at radius 1 is 1.36 bits per heavy atom. The van der Waals surface area contributed by atoms with Gasteiger partial charge in [-0.1, -0.05) is 0 Å². The van der Waals surface area contributed by atoms with Crippen molar-refractivity contribution < 1.29 is 18.3 Å². The monoisotopic (exact) mass is 169 g/mol. The largest absolute Gasteiger partial charge is 0.415 e. The molecule has 1 saturated heterocycles. The van der Waals surface area contributed by atoms with Gasteiger partial charge in [-0.25, -0.2) is 0 Å². The second-order valence-electron chi connectivity index (χ2n) is 2.71. The Labute approximate surface area is 62.6 Å². The number of aliphatic hydroxyl groups excluding tert-OH is 1. The van der Waals surface area contributed by atoms with E-state index >= 15 is 0 Å². The molecule has 0 radical (unpaired) electrons. The van der Waals surface area contributed by atoms with Crippen molar-refractivity contribution in [3.8, 4) is 0 Å². The average molecular weight is 169 g/mol. The molecule has 1 heterocycles. The van der Waals surface area contributed by atoms with Gasteiger partial charge in [-0.3, -0.25) is 0 Å². The van der Waals surface area contributed by atoms with E-state index in [1.54, 1.807) is 4.90 Å². The van der Waals surface area contributed by atoms with E-state index in [-0.39, 0.29) is 6.54 Å². The van der Waals surface area contributed by atoms with Crippen molar-refractivity contribution in [1.82, 2.24) is 4.90 Å². The Kier molecular flexibility index (Phi) is 2.39. The molecule has 11 heavy (non-hydrogen) atoms. The number of hydrogen-bond acceptors (Lipinski definition) is 2. The van der Waals surface area contributed by atoms with Crippen LogP contribution >= 0.6 is 0 Å². The van der Waals surface area contributed by atoms with Crippen molar-refractivity contribution in [1.29, 1.82) is 0 Å². The standard InChI is InChI=1S/C6H10F3NO/c7-6(8,9)5(11)4-10-2-1-3-10/h5,11H,1-4H2/t5-/m1/s1. The zero-order chi connectivity index (χ0) is 8.48. The smallest absolute Gasteiger partial charge is 0.382 e. The second kappa shape index (κ2) is 2.98. The maximum atomic E-state index is 11.7. The maximum absolute atomic E-state index is 11.7. The van der Waals surface area contributed by atoms with Crippen LogP contribution in [0.3, 0.4) is 0 Å². The van der Waals surface area contributed by atoms with Crippen LogP contribution in [0, 0.1) is 0 Å². The van der Waals surface area contributed by atoms with Crippen LogP contribution in [0.1, 0.15) is 6.42 Å². The number of alkyl halides is 3. The molecule has 5 heteroatoms. The van der Waals surface area contributed by atoms with E-state index in [0.29, 0.717) is 13.1 Å². The van der Waals surface area contributed by atoms with Gasteiger partial charge < -0.3 is 10.0 Å². The Balaban J connectivity index is 2.24. The first kappa shape index (κ1) is 8.80. The van der Waals surface area contributed by atoms with E-state index in [9.17, 15) is 13.2 Å². The second-order valence-corrected chi connectivity index (χ2v) is 2.71. The highest BCUT2D eigenvalue weighted by Gasteiger charge is 2.39. The number of nitrogens with zero attached hydrogens (tertiary/aromatic N) is 1. The highest BCUT2D eigenvalue weighted by atomic mass is 19.4. The van der Waals surface area contributed by atoms with Gasteiger partial charge in [0, 0.05) is 6.54 Å². The van der Waals surface area contributed by atoms with E-state index in [1.165, 1.54) is 0 Å². The van der Waals surface area contributed by atoms with Gasteiger partial charge in [0.25, 0.3) is 0 Å². The quantitative estimate of drug-likeness (QED) is 0.654. The number of aliphatic hydroxyl groups is 1. The molecule has 0 unspecified atom stereocenters. The third kappa shape index (κ3) is 2.34. The Morgan fingerprint density at radius 2 is 1.91 bits per heavy atom. The fourth-order valence-electron chi connectivity index (χ4n) is 0.912. The number of halogens is 3. The molecular formula is C6H10F3NO. The van der Waals surface area contributed by atoms with Crippen LogP contribution in [0.5, 0.6) is 0 Å². The van der Waals surface area contributed by atoms with Crippen molar-refractivity contribution in [2.45, 2.75) is 18.7 Å². The van der Waals surface area contributed by atoms with Crippen LogP contribution < -0.4 is 0 Å². The Morgan fingerprint density at radius 3 is 2.18 bits per heavy atom. The Hall–Kier alpha value is -0.290. The topological polar surface area (TPSA) is 23.5 Å². The van der Waals surface area contributed by atoms with Crippen molar-refractivity contribution in [2.24, 2.45) is 0 Å². The summed E-state index contributed by atoms with van der Waals surface area (Å²) in [5.41, 5.74) is 0. The zero-order valence-electron chi connectivity index (χ0n) is 5.93. The molecule has 2 nitrogen and oxygen atoms in total. The predicted octanol–water partition coefficient (Wildman–Crippen LogP) is 0.615. The number of rotatable bonds is 2. The third-order valence-electron chi connectivity index (χ3n) is 1.76. The van der Waals surface area contributed by atoms with Crippen LogP contribution in [0.25, 0.3) is 0 Å². The molecule has 1 atom stereocenters. The van der Waals surface area contributed by atoms with Crippen LogP contribution in [0.2, 0.25) is 0 Å². The van der Waals surface area contributed by atoms with E-state index in [4.69, 9.17) is 5.11 Å². The van der Waals surface area contributed by atoms with Gasteiger partial charge in [0.2, 0.25) is 0 Å². The van der Waals surface area contributed by atoms with Gasteiger partial charge in [0.15, 0.2) is 6.10 Å². The van der Waals surface area contributed by atoms with Crippen LogP contribution in [-0.2, 0) is 0 Å². The first-order valence-corrected chi connectivity index (χ1v) is 3.47. The third-order valence-corrected chi connectivity index (χ3v) is 1.76. The highest BCUT2D eigenvalue weighted by molar-refractivity contribution is 4.75. The van der Waals surface area contributed by atoms with Gasteiger partial charge in [0.05, 0.1) is 0 Å². The molecule has 0 saturated carbocycles. The van der Waals surface area contributed by atoms with Crippen molar-refractivity contribution in [2.75, 3.05) is 19.6 Å². The minimum atomic E-state index is -4.46. The maximum Gasteiger partial charge on any atom is 0.415 e. The fourth-order valence-corrected chi connectivity index (χ4v) is 0.912. The molecular weight excluding hydrogens is 159 g/mol. The van der Waals surface area contributed by atoms with Gasteiger partial charge >= 0.3 is 6.18 Å². The molecule has 0 amide bonds. The van der Waals surface area contributed by atoms with Gasteiger partial charge in [0.1, 0.15) is 0 Å². The van der Waals surface area contributed by atoms with Crippen molar-refractivity contribution in [3.63, 3.8) is 0 Å². The van der Waals surface area contributed by atoms with Crippen molar-refractivity contribution >= 4 is 0 Å². The zero-order valence-corrected chi connectivity index (χ0v) is 5.93. The van der Waals surface area contributed by atoms with Crippen LogP contribution in [0.15, 0.2) is 0 Å². The Bertz CT molecular complexity index is 132. The van der Waals surface area contributed by atoms with E-state index in [0.717, 1.165) is 6.42 Å². The SMILES string of the molecule is O[C@H](CN1CCC1)C(F)(F)F. The summed E-state index contributed by atoms with van der Waals surface area (Å²) in [5, 5.41) is 8.55. The van der Waals surface area contributed by atoms with Crippen LogP contribution in [-0.4, -0.2) is 41.9 Å². The molecule has 1 aliphatic heterocycles. The summed E-state index contributed by atoms with van der Waals surface area (Å²) >= 11 is 0. The molecule has 1 aliphatic rings. The number of likely N-dealkylation sites (tertiary alicyclic amines) is 1. The summed E-state index contributed by atoms with van der Waals surface area (Å²) < 4.78 is 35.1. The van der Waals surface area contributed by atoms with E-state index in [2.05, 4.69) is 0 Å². The molecule has 0 aliphatic carbocycles. The van der Waals surface area contributed by atoms with Crippen LogP contribution in [0.4, 0.5) is 13.2 Å². The van der Waals surface area contributed by atoms with Gasteiger partial charge in [-0.2, -0.15) is 13.2 Å². The lowest BCUT2D eigenvalue weighted by Gasteiger charge is -2.32. The number of β-amino-alcohol motifs (C(OH)–C–C–N with tert-alkyl or cyclic N) is 1. The van der Waals surface area contributed by atoms with Gasteiger partial charge in [-0.15, -0.1) is 0 Å². The summed E-state index contributed by atoms with van der Waals surface area (Å²) in [6.07, 6.45) is -5.71. The molecule has 0 bridgehead atoms. The normalized spacial score (nSPS) is 22.9. The molecule has 0 spiro atoms. The molecule has 1 rings (SSSR count).